The molecule has 0 unspecified atom stereocenters. The fourth-order valence-electron chi connectivity index (χ4n) is 1.15. The fraction of sp³-hybridized carbons (Fsp3) is 1.00. The third-order valence-electron chi connectivity index (χ3n) is 1.72. The van der Waals surface area contributed by atoms with E-state index in [1.54, 1.807) is 0 Å². The molecule has 0 aromatic heterocycles. The first-order chi connectivity index (χ1) is 3.80. The minimum Gasteiger partial charge on any atom is -0.316 e. The fourth-order valence-corrected chi connectivity index (χ4v) is 1.15. The van der Waals surface area contributed by atoms with Crippen LogP contribution >= 0.6 is 0 Å². The van der Waals surface area contributed by atoms with Gasteiger partial charge in [-0.15, -0.1) is 0 Å². The number of hydrogen-bond donors (Lipinski definition) is 1. The first-order valence-electron chi connectivity index (χ1n) is 3.30. The van der Waals surface area contributed by atoms with Crippen molar-refractivity contribution < 1.29 is 0 Å². The highest BCUT2D eigenvalue weighted by Crippen LogP contribution is 2.07. The summed E-state index contributed by atoms with van der Waals surface area (Å²) in [5, 5.41) is 0. The van der Waals surface area contributed by atoms with Gasteiger partial charge in [-0.3, -0.25) is 4.90 Å². The molecule has 0 aromatic rings. The zero-order chi connectivity index (χ0) is 5.98. The van der Waals surface area contributed by atoms with E-state index in [9.17, 15) is 0 Å². The lowest BCUT2D eigenvalue weighted by molar-refractivity contribution is 0.265. The van der Waals surface area contributed by atoms with Gasteiger partial charge < -0.3 is 5.73 Å². The number of rotatable bonds is 1. The van der Waals surface area contributed by atoms with E-state index in [0.29, 0.717) is 0 Å². The van der Waals surface area contributed by atoms with Crippen molar-refractivity contribution in [1.82, 2.24) is 4.90 Å². The van der Waals surface area contributed by atoms with Crippen molar-refractivity contribution in [2.45, 2.75) is 25.9 Å². The van der Waals surface area contributed by atoms with Gasteiger partial charge in [-0.1, -0.05) is 0 Å². The monoisotopic (exact) mass is 114 g/mol. The maximum atomic E-state index is 5.62. The van der Waals surface area contributed by atoms with Gasteiger partial charge in [0.15, 0.2) is 0 Å². The van der Waals surface area contributed by atoms with Crippen LogP contribution < -0.4 is 5.73 Å². The van der Waals surface area contributed by atoms with Gasteiger partial charge in [0.2, 0.25) is 0 Å². The van der Waals surface area contributed by atoms with Crippen molar-refractivity contribution in [3.05, 3.63) is 0 Å². The van der Waals surface area contributed by atoms with E-state index in [1.807, 2.05) is 6.92 Å². The highest BCUT2D eigenvalue weighted by atomic mass is 15.2. The van der Waals surface area contributed by atoms with E-state index in [4.69, 9.17) is 5.73 Å². The van der Waals surface area contributed by atoms with Crippen molar-refractivity contribution >= 4 is 0 Å². The second-order valence-electron chi connectivity index (χ2n) is 2.48. The smallest absolute Gasteiger partial charge is 0.0542 e. The van der Waals surface area contributed by atoms with E-state index in [0.717, 1.165) is 0 Å². The number of nitrogens with zero attached hydrogens (tertiary/aromatic N) is 1. The molecule has 1 aliphatic rings. The number of nitrogens with two attached hydrogens (primary N) is 1. The average molecular weight is 114 g/mol. The van der Waals surface area contributed by atoms with Crippen LogP contribution in [0.15, 0.2) is 0 Å². The van der Waals surface area contributed by atoms with E-state index in [1.165, 1.54) is 25.9 Å². The summed E-state index contributed by atoms with van der Waals surface area (Å²) in [5.74, 6) is 0. The highest BCUT2D eigenvalue weighted by Gasteiger charge is 2.13. The Kier molecular flexibility index (Phi) is 1.86. The van der Waals surface area contributed by atoms with Gasteiger partial charge in [0.05, 0.1) is 6.17 Å². The van der Waals surface area contributed by atoms with Gasteiger partial charge in [-0.2, -0.15) is 0 Å². The summed E-state index contributed by atoms with van der Waals surface area (Å²) in [4.78, 5) is 2.31. The van der Waals surface area contributed by atoms with Crippen LogP contribution in [0, 0.1) is 0 Å². The predicted octanol–water partition coefficient (Wildman–Crippen LogP) is 0.387. The summed E-state index contributed by atoms with van der Waals surface area (Å²) in [5.41, 5.74) is 5.62. The Bertz CT molecular complexity index is 64.9. The molecule has 0 saturated carbocycles. The molecule has 1 rings (SSSR count). The zero-order valence-electron chi connectivity index (χ0n) is 5.43. The molecule has 2 heteroatoms. The van der Waals surface area contributed by atoms with Crippen molar-refractivity contribution in [3.8, 4) is 0 Å². The maximum absolute atomic E-state index is 5.62. The van der Waals surface area contributed by atoms with Gasteiger partial charge in [0, 0.05) is 0 Å². The summed E-state index contributed by atoms with van der Waals surface area (Å²) in [6.45, 7) is 4.46. The molecule has 1 fully saturated rings. The molecule has 1 heterocycles. The first kappa shape index (κ1) is 6.05. The molecule has 0 spiro atoms. The largest absolute Gasteiger partial charge is 0.316 e. The lowest BCUT2D eigenvalue weighted by Crippen LogP contribution is -2.36. The van der Waals surface area contributed by atoms with Crippen molar-refractivity contribution in [1.29, 1.82) is 0 Å². The second-order valence-corrected chi connectivity index (χ2v) is 2.48. The third-order valence-corrected chi connectivity index (χ3v) is 1.72. The Hall–Kier alpha value is -0.0800. The molecule has 0 aliphatic carbocycles. The van der Waals surface area contributed by atoms with Crippen LogP contribution in [0.1, 0.15) is 19.8 Å². The topological polar surface area (TPSA) is 29.3 Å². The summed E-state index contributed by atoms with van der Waals surface area (Å²) in [7, 11) is 0. The molecule has 2 nitrogen and oxygen atoms in total. The summed E-state index contributed by atoms with van der Waals surface area (Å²) >= 11 is 0. The van der Waals surface area contributed by atoms with Gasteiger partial charge in [-0.25, -0.2) is 0 Å². The quantitative estimate of drug-likeness (QED) is 0.534. The lowest BCUT2D eigenvalue weighted by atomic mass is 10.4. The Morgan fingerprint density at radius 3 is 2.12 bits per heavy atom. The third kappa shape index (κ3) is 1.20. The van der Waals surface area contributed by atoms with Crippen molar-refractivity contribution in [2.24, 2.45) is 5.73 Å². The zero-order valence-corrected chi connectivity index (χ0v) is 5.43. The molecule has 1 atom stereocenters. The van der Waals surface area contributed by atoms with Crippen LogP contribution in [0.2, 0.25) is 0 Å². The Morgan fingerprint density at radius 2 is 1.88 bits per heavy atom. The molecule has 1 aliphatic heterocycles. The van der Waals surface area contributed by atoms with Gasteiger partial charge in [-0.05, 0) is 32.9 Å². The highest BCUT2D eigenvalue weighted by molar-refractivity contribution is 4.67. The van der Waals surface area contributed by atoms with E-state index in [-0.39, 0.29) is 6.17 Å². The molecule has 0 radical (unpaired) electrons. The number of likely N-dealkylation sites (tertiary alicyclic amines) is 1. The lowest BCUT2D eigenvalue weighted by Gasteiger charge is -2.18. The average Bonchev–Trinajstić information content (AvgIpc) is 2.12. The first-order valence-corrected chi connectivity index (χ1v) is 3.30. The van der Waals surface area contributed by atoms with E-state index < -0.39 is 0 Å². The van der Waals surface area contributed by atoms with Crippen LogP contribution in [0.4, 0.5) is 0 Å². The Labute approximate surface area is 50.7 Å². The molecule has 1 saturated heterocycles. The van der Waals surface area contributed by atoms with Crippen LogP contribution in [0.3, 0.4) is 0 Å². The van der Waals surface area contributed by atoms with Crippen molar-refractivity contribution in [3.63, 3.8) is 0 Å². The van der Waals surface area contributed by atoms with Crippen LogP contribution in [0.25, 0.3) is 0 Å². The van der Waals surface area contributed by atoms with Gasteiger partial charge in [0.1, 0.15) is 0 Å². The maximum Gasteiger partial charge on any atom is 0.0542 e. The molecular formula is C6H14N2. The van der Waals surface area contributed by atoms with E-state index in [2.05, 4.69) is 4.90 Å². The predicted molar refractivity (Wildman–Crippen MR) is 34.5 cm³/mol. The summed E-state index contributed by atoms with van der Waals surface area (Å²) < 4.78 is 0. The Balaban J connectivity index is 2.24. The minimum absolute atomic E-state index is 0.275. The standard InChI is InChI=1S/C6H14N2/c1-6(7)8-4-2-3-5-8/h6H,2-5,7H2,1H3/t6-/m0/s1. The molecule has 8 heavy (non-hydrogen) atoms. The minimum atomic E-state index is 0.275. The Morgan fingerprint density at radius 1 is 1.38 bits per heavy atom. The molecular weight excluding hydrogens is 100 g/mol. The van der Waals surface area contributed by atoms with Gasteiger partial charge in [0.25, 0.3) is 0 Å². The van der Waals surface area contributed by atoms with E-state index >= 15 is 0 Å². The molecule has 0 bridgehead atoms. The number of hydrogen-bond acceptors (Lipinski definition) is 2. The summed E-state index contributed by atoms with van der Waals surface area (Å²) in [6, 6.07) is 0. The molecule has 0 aromatic carbocycles. The summed E-state index contributed by atoms with van der Waals surface area (Å²) in [6.07, 6.45) is 2.95. The van der Waals surface area contributed by atoms with Gasteiger partial charge >= 0.3 is 0 Å². The SMILES string of the molecule is C[C@@H](N)N1CCCC1. The molecule has 2 N–H and O–H groups in total. The normalized spacial score (nSPS) is 26.2. The molecule has 48 valence electrons. The second kappa shape index (κ2) is 2.46. The van der Waals surface area contributed by atoms with Crippen LogP contribution in [0.5, 0.6) is 0 Å². The van der Waals surface area contributed by atoms with Crippen LogP contribution in [-0.4, -0.2) is 24.2 Å². The van der Waals surface area contributed by atoms with Crippen molar-refractivity contribution in [2.75, 3.05) is 13.1 Å². The van der Waals surface area contributed by atoms with Crippen LogP contribution in [-0.2, 0) is 0 Å². The molecule has 0 amide bonds.